The van der Waals surface area contributed by atoms with Crippen molar-refractivity contribution in [1.29, 1.82) is 0 Å². The Morgan fingerprint density at radius 1 is 1.08 bits per heavy atom. The number of nitrogens with one attached hydrogen (secondary N) is 1. The van der Waals surface area contributed by atoms with E-state index in [9.17, 15) is 8.78 Å². The Morgan fingerprint density at radius 3 is 2.88 bits per heavy atom. The molecule has 1 aliphatic heterocycles. The van der Waals surface area contributed by atoms with Crippen molar-refractivity contribution >= 4 is 10.9 Å². The molecule has 5 heteroatoms. The molecule has 0 saturated carbocycles. The molecule has 1 aliphatic rings. The second kappa shape index (κ2) is 6.86. The summed E-state index contributed by atoms with van der Waals surface area (Å²) in [4.78, 5) is 6.69. The van der Waals surface area contributed by atoms with E-state index in [4.69, 9.17) is 0 Å². The van der Waals surface area contributed by atoms with Gasteiger partial charge in [-0.1, -0.05) is 18.2 Å². The molecule has 1 fully saturated rings. The van der Waals surface area contributed by atoms with Crippen LogP contribution < -0.4 is 5.32 Å². The SMILES string of the molecule is Fc1cccc(C2CNCCN2Cc2cc(F)cc3cccnc23)c1. The summed E-state index contributed by atoms with van der Waals surface area (Å²) in [5.41, 5.74) is 2.61. The molecule has 3 aromatic rings. The molecule has 0 aliphatic carbocycles. The minimum absolute atomic E-state index is 0.0477. The van der Waals surface area contributed by atoms with Gasteiger partial charge < -0.3 is 5.32 Å². The third-order valence-electron chi connectivity index (χ3n) is 4.71. The summed E-state index contributed by atoms with van der Waals surface area (Å²) in [5, 5.41) is 4.16. The molecule has 2 heterocycles. The van der Waals surface area contributed by atoms with Crippen LogP contribution in [0.15, 0.2) is 54.7 Å². The molecule has 0 radical (unpaired) electrons. The fourth-order valence-corrected chi connectivity index (χ4v) is 3.55. The van der Waals surface area contributed by atoms with E-state index in [1.165, 1.54) is 12.1 Å². The maximum absolute atomic E-state index is 14.0. The van der Waals surface area contributed by atoms with Gasteiger partial charge in [0.1, 0.15) is 11.6 Å². The monoisotopic (exact) mass is 339 g/mol. The molecular formula is C20H19F2N3. The van der Waals surface area contributed by atoms with Gasteiger partial charge in [0, 0.05) is 43.8 Å². The maximum atomic E-state index is 14.0. The zero-order valence-electron chi connectivity index (χ0n) is 13.8. The Morgan fingerprint density at radius 2 is 2.00 bits per heavy atom. The predicted octanol–water partition coefficient (Wildman–Crippen LogP) is 3.66. The zero-order chi connectivity index (χ0) is 17.2. The molecule has 0 spiro atoms. The van der Waals surface area contributed by atoms with Crippen molar-refractivity contribution in [3.05, 3.63) is 77.5 Å². The van der Waals surface area contributed by atoms with Gasteiger partial charge in [-0.15, -0.1) is 0 Å². The summed E-state index contributed by atoms with van der Waals surface area (Å²) in [6.45, 7) is 2.98. The van der Waals surface area contributed by atoms with Crippen LogP contribution in [0.4, 0.5) is 8.78 Å². The van der Waals surface area contributed by atoms with E-state index in [2.05, 4.69) is 15.2 Å². The molecule has 1 aromatic heterocycles. The van der Waals surface area contributed by atoms with Crippen LogP contribution in [0.5, 0.6) is 0 Å². The minimum atomic E-state index is -0.257. The predicted molar refractivity (Wildman–Crippen MR) is 94.1 cm³/mol. The highest BCUT2D eigenvalue weighted by molar-refractivity contribution is 5.81. The Hall–Kier alpha value is -2.37. The van der Waals surface area contributed by atoms with Gasteiger partial charge in [0.05, 0.1) is 5.52 Å². The molecule has 1 saturated heterocycles. The number of hydrogen-bond acceptors (Lipinski definition) is 3. The lowest BCUT2D eigenvalue weighted by atomic mass is 10.0. The Bertz CT molecular complexity index is 897. The fraction of sp³-hybridized carbons (Fsp3) is 0.250. The van der Waals surface area contributed by atoms with E-state index in [1.54, 1.807) is 24.4 Å². The first-order valence-electron chi connectivity index (χ1n) is 8.44. The number of halogens is 2. The molecule has 1 unspecified atom stereocenters. The van der Waals surface area contributed by atoms with Crippen LogP contribution >= 0.6 is 0 Å². The largest absolute Gasteiger partial charge is 0.314 e. The fourth-order valence-electron chi connectivity index (χ4n) is 3.55. The smallest absolute Gasteiger partial charge is 0.124 e. The second-order valence-electron chi connectivity index (χ2n) is 6.39. The van der Waals surface area contributed by atoms with Gasteiger partial charge in [0.2, 0.25) is 0 Å². The molecule has 2 aromatic carbocycles. The van der Waals surface area contributed by atoms with Gasteiger partial charge in [-0.2, -0.15) is 0 Å². The number of fused-ring (bicyclic) bond motifs is 1. The Kier molecular flexibility index (Phi) is 4.42. The van der Waals surface area contributed by atoms with E-state index in [0.717, 1.165) is 41.7 Å². The van der Waals surface area contributed by atoms with Crippen molar-refractivity contribution in [3.63, 3.8) is 0 Å². The molecule has 1 atom stereocenters. The maximum Gasteiger partial charge on any atom is 0.124 e. The number of pyridine rings is 1. The lowest BCUT2D eigenvalue weighted by molar-refractivity contribution is 0.154. The highest BCUT2D eigenvalue weighted by Gasteiger charge is 2.25. The van der Waals surface area contributed by atoms with Gasteiger partial charge in [-0.05, 0) is 41.5 Å². The third kappa shape index (κ3) is 3.38. The topological polar surface area (TPSA) is 28.2 Å². The van der Waals surface area contributed by atoms with Gasteiger partial charge in [-0.3, -0.25) is 9.88 Å². The van der Waals surface area contributed by atoms with Crippen LogP contribution in [0.2, 0.25) is 0 Å². The molecule has 3 nitrogen and oxygen atoms in total. The van der Waals surface area contributed by atoms with E-state index in [1.807, 2.05) is 18.2 Å². The number of aromatic nitrogens is 1. The number of piperazine rings is 1. The molecular weight excluding hydrogens is 320 g/mol. The van der Waals surface area contributed by atoms with Crippen molar-refractivity contribution in [3.8, 4) is 0 Å². The average molecular weight is 339 g/mol. The van der Waals surface area contributed by atoms with Crippen LogP contribution in [0.1, 0.15) is 17.2 Å². The Balaban J connectivity index is 1.69. The van der Waals surface area contributed by atoms with Crippen LogP contribution in [0.25, 0.3) is 10.9 Å². The first kappa shape index (κ1) is 16.1. The molecule has 0 bridgehead atoms. The lowest BCUT2D eigenvalue weighted by Gasteiger charge is -2.36. The Labute approximate surface area is 145 Å². The van der Waals surface area contributed by atoms with Gasteiger partial charge in [-0.25, -0.2) is 8.78 Å². The summed E-state index contributed by atoms with van der Waals surface area (Å²) in [6, 6.07) is 13.5. The first-order valence-corrected chi connectivity index (χ1v) is 8.44. The van der Waals surface area contributed by atoms with E-state index in [-0.39, 0.29) is 17.7 Å². The second-order valence-corrected chi connectivity index (χ2v) is 6.39. The standard InChI is InChI=1S/C20H19F2N3/c21-17-5-1-3-14(9-17)19-12-23-7-8-25(19)13-16-11-18(22)10-15-4-2-6-24-20(15)16/h1-6,9-11,19,23H,7-8,12-13H2. The van der Waals surface area contributed by atoms with Crippen molar-refractivity contribution in [1.82, 2.24) is 15.2 Å². The van der Waals surface area contributed by atoms with Crippen LogP contribution in [-0.4, -0.2) is 29.5 Å². The summed E-state index contributed by atoms with van der Waals surface area (Å²) in [7, 11) is 0. The lowest BCUT2D eigenvalue weighted by Crippen LogP contribution is -2.45. The molecule has 1 N–H and O–H groups in total. The quantitative estimate of drug-likeness (QED) is 0.789. The van der Waals surface area contributed by atoms with E-state index < -0.39 is 0 Å². The number of hydrogen-bond donors (Lipinski definition) is 1. The number of nitrogens with zero attached hydrogens (tertiary/aromatic N) is 2. The van der Waals surface area contributed by atoms with Gasteiger partial charge in [0.25, 0.3) is 0 Å². The highest BCUT2D eigenvalue weighted by Crippen LogP contribution is 2.27. The zero-order valence-corrected chi connectivity index (χ0v) is 13.8. The number of rotatable bonds is 3. The molecule has 25 heavy (non-hydrogen) atoms. The average Bonchev–Trinajstić information content (AvgIpc) is 2.62. The first-order chi connectivity index (χ1) is 12.2. The summed E-state index contributed by atoms with van der Waals surface area (Å²) in [6.07, 6.45) is 1.73. The van der Waals surface area contributed by atoms with Crippen LogP contribution in [-0.2, 0) is 6.54 Å². The van der Waals surface area contributed by atoms with Crippen LogP contribution in [0, 0.1) is 11.6 Å². The van der Waals surface area contributed by atoms with Crippen molar-refractivity contribution in [2.75, 3.05) is 19.6 Å². The van der Waals surface area contributed by atoms with E-state index >= 15 is 0 Å². The summed E-state index contributed by atoms with van der Waals surface area (Å²) < 4.78 is 27.7. The number of benzene rings is 2. The van der Waals surface area contributed by atoms with Crippen molar-refractivity contribution in [2.24, 2.45) is 0 Å². The van der Waals surface area contributed by atoms with E-state index in [0.29, 0.717) is 6.54 Å². The summed E-state index contributed by atoms with van der Waals surface area (Å²) in [5.74, 6) is -0.492. The normalized spacial score (nSPS) is 18.6. The molecule has 0 amide bonds. The van der Waals surface area contributed by atoms with Gasteiger partial charge >= 0.3 is 0 Å². The minimum Gasteiger partial charge on any atom is -0.314 e. The molecule has 128 valence electrons. The molecule has 4 rings (SSSR count). The third-order valence-corrected chi connectivity index (χ3v) is 4.71. The van der Waals surface area contributed by atoms with Crippen molar-refractivity contribution in [2.45, 2.75) is 12.6 Å². The highest BCUT2D eigenvalue weighted by atomic mass is 19.1. The summed E-state index contributed by atoms with van der Waals surface area (Å²) >= 11 is 0. The van der Waals surface area contributed by atoms with Crippen LogP contribution in [0.3, 0.4) is 0 Å². The van der Waals surface area contributed by atoms with Gasteiger partial charge in [0.15, 0.2) is 0 Å². The van der Waals surface area contributed by atoms with Crippen molar-refractivity contribution < 1.29 is 8.78 Å².